The molecule has 0 nitrogen and oxygen atoms in total. The van der Waals surface area contributed by atoms with Gasteiger partial charge in [-0.25, -0.2) is 0 Å². The maximum Gasteiger partial charge on any atom is 0.0441 e. The summed E-state index contributed by atoms with van der Waals surface area (Å²) in [5.41, 5.74) is 7.77. The van der Waals surface area contributed by atoms with E-state index in [1.54, 1.807) is 0 Å². The van der Waals surface area contributed by atoms with Gasteiger partial charge in [-0.3, -0.25) is 0 Å². The van der Waals surface area contributed by atoms with Crippen LogP contribution in [0.2, 0.25) is 0 Å². The van der Waals surface area contributed by atoms with Gasteiger partial charge >= 0.3 is 0 Å². The highest BCUT2D eigenvalue weighted by Gasteiger charge is 2.22. The second-order valence-corrected chi connectivity index (χ2v) is 18.3. The maximum absolute atomic E-state index is 2.46. The van der Waals surface area contributed by atoms with Crippen molar-refractivity contribution >= 4 is 127 Å². The van der Waals surface area contributed by atoms with Crippen LogP contribution in [0.4, 0.5) is 0 Å². The van der Waals surface area contributed by atoms with Gasteiger partial charge in [-0.05, 0) is 91.0 Å². The predicted octanol–water partition coefficient (Wildman–Crippen LogP) is 17.3. The van der Waals surface area contributed by atoms with Crippen molar-refractivity contribution in [1.82, 2.24) is 0 Å². The summed E-state index contributed by atoms with van der Waals surface area (Å²) in [6.45, 7) is 0. The van der Waals surface area contributed by atoms with Gasteiger partial charge in [-0.2, -0.15) is 0 Å². The fourth-order valence-electron chi connectivity index (χ4n) is 9.65. The van der Waals surface area contributed by atoms with Crippen LogP contribution in [0.5, 0.6) is 0 Å². The van der Waals surface area contributed by atoms with Gasteiger partial charge in [-0.1, -0.05) is 146 Å². The molecular formula is C54H30S3. The molecule has 0 aliphatic rings. The average Bonchev–Trinajstić information content (AvgIpc) is 3.96. The van der Waals surface area contributed by atoms with Gasteiger partial charge in [0.25, 0.3) is 0 Å². The molecule has 0 amide bonds. The lowest BCUT2D eigenvalue weighted by Gasteiger charge is -2.17. The largest absolute Gasteiger partial charge is 0.135 e. The van der Waals surface area contributed by atoms with Crippen molar-refractivity contribution in [3.05, 3.63) is 182 Å². The van der Waals surface area contributed by atoms with Crippen LogP contribution in [0.15, 0.2) is 182 Å². The highest BCUT2D eigenvalue weighted by molar-refractivity contribution is 7.28. The van der Waals surface area contributed by atoms with E-state index in [9.17, 15) is 0 Å². The SMILES string of the molecule is c1ccc(-c2c3ccccc3c(-c3ccc4sc5c(-c6c7ccccc7cc7c6sc6ccc8sc9ccccc9c8c67)cccc5c4c3)c3ccccc23)cc1. The summed E-state index contributed by atoms with van der Waals surface area (Å²) in [5, 5.41) is 15.9. The number of thiophene rings is 3. The lowest BCUT2D eigenvalue weighted by atomic mass is 9.86. The first kappa shape index (κ1) is 31.8. The highest BCUT2D eigenvalue weighted by Crippen LogP contribution is 2.52. The first-order chi connectivity index (χ1) is 28.3. The molecule has 0 fully saturated rings. The van der Waals surface area contributed by atoms with Crippen LogP contribution < -0.4 is 0 Å². The molecule has 0 radical (unpaired) electrons. The van der Waals surface area contributed by atoms with E-state index in [-0.39, 0.29) is 0 Å². The van der Waals surface area contributed by atoms with Gasteiger partial charge in [0, 0.05) is 71.6 Å². The van der Waals surface area contributed by atoms with Crippen LogP contribution in [-0.2, 0) is 0 Å². The van der Waals surface area contributed by atoms with E-state index >= 15 is 0 Å². The molecule has 3 heteroatoms. The molecular weight excluding hydrogens is 745 g/mol. The lowest BCUT2D eigenvalue weighted by Crippen LogP contribution is -1.90. The maximum atomic E-state index is 2.46. The molecule has 0 aliphatic carbocycles. The minimum Gasteiger partial charge on any atom is -0.135 e. The molecule has 13 rings (SSSR count). The molecule has 3 aromatic heterocycles. The van der Waals surface area contributed by atoms with Crippen molar-refractivity contribution in [2.75, 3.05) is 0 Å². The second kappa shape index (κ2) is 12.1. The molecule has 0 spiro atoms. The minimum absolute atomic E-state index is 1.25. The van der Waals surface area contributed by atoms with Crippen molar-refractivity contribution < 1.29 is 0 Å². The number of benzene rings is 10. The lowest BCUT2D eigenvalue weighted by molar-refractivity contribution is 1.66. The Hall–Kier alpha value is -6.36. The van der Waals surface area contributed by atoms with E-state index in [1.807, 2.05) is 34.0 Å². The van der Waals surface area contributed by atoms with E-state index in [4.69, 9.17) is 0 Å². The zero-order valence-corrected chi connectivity index (χ0v) is 33.0. The summed E-state index contributed by atoms with van der Waals surface area (Å²) in [5.74, 6) is 0. The van der Waals surface area contributed by atoms with Crippen LogP contribution in [0.1, 0.15) is 0 Å². The molecule has 0 N–H and O–H groups in total. The molecule has 3 heterocycles. The summed E-state index contributed by atoms with van der Waals surface area (Å²) >= 11 is 5.78. The molecule has 0 saturated heterocycles. The number of hydrogen-bond donors (Lipinski definition) is 0. The van der Waals surface area contributed by atoms with Gasteiger partial charge < -0.3 is 0 Å². The summed E-state index contributed by atoms with van der Waals surface area (Å²) in [4.78, 5) is 0. The molecule has 0 bridgehead atoms. The van der Waals surface area contributed by atoms with E-state index in [1.165, 1.54) is 126 Å². The third kappa shape index (κ3) is 4.53. The second-order valence-electron chi connectivity index (χ2n) is 15.1. The summed E-state index contributed by atoms with van der Waals surface area (Å²) in [6.07, 6.45) is 0. The summed E-state index contributed by atoms with van der Waals surface area (Å²) in [6, 6.07) is 68.0. The Bertz CT molecular complexity index is 3750. The van der Waals surface area contributed by atoms with E-state index < -0.39 is 0 Å². The molecule has 13 aromatic rings. The Labute approximate surface area is 340 Å². The van der Waals surface area contributed by atoms with Crippen LogP contribution in [-0.4, -0.2) is 0 Å². The van der Waals surface area contributed by atoms with Gasteiger partial charge in [0.15, 0.2) is 0 Å². The van der Waals surface area contributed by atoms with Crippen molar-refractivity contribution in [3.8, 4) is 33.4 Å². The number of rotatable bonds is 3. The van der Waals surface area contributed by atoms with Gasteiger partial charge in [-0.15, -0.1) is 34.0 Å². The molecule has 264 valence electrons. The summed E-state index contributed by atoms with van der Waals surface area (Å²) in [7, 11) is 0. The highest BCUT2D eigenvalue weighted by atomic mass is 32.1. The molecule has 0 unspecified atom stereocenters. The zero-order valence-electron chi connectivity index (χ0n) is 30.5. The monoisotopic (exact) mass is 774 g/mol. The van der Waals surface area contributed by atoms with Crippen LogP contribution >= 0.6 is 34.0 Å². The zero-order chi connectivity index (χ0) is 37.2. The smallest absolute Gasteiger partial charge is 0.0441 e. The first-order valence-electron chi connectivity index (χ1n) is 19.4. The van der Waals surface area contributed by atoms with Gasteiger partial charge in [0.2, 0.25) is 0 Å². The Balaban J connectivity index is 1.09. The Morgan fingerprint density at radius 2 is 0.807 bits per heavy atom. The fourth-order valence-corrected chi connectivity index (χ4v) is 13.2. The molecule has 0 saturated carbocycles. The Morgan fingerprint density at radius 3 is 1.56 bits per heavy atom. The summed E-state index contributed by atoms with van der Waals surface area (Å²) < 4.78 is 8.09. The van der Waals surface area contributed by atoms with Crippen molar-refractivity contribution in [3.63, 3.8) is 0 Å². The number of fused-ring (bicyclic) bond motifs is 13. The van der Waals surface area contributed by atoms with Crippen LogP contribution in [0.3, 0.4) is 0 Å². The van der Waals surface area contributed by atoms with Gasteiger partial charge in [0.05, 0.1) is 0 Å². The third-order valence-corrected chi connectivity index (χ3v) is 15.6. The average molecular weight is 775 g/mol. The first-order valence-corrected chi connectivity index (χ1v) is 21.9. The predicted molar refractivity (Wildman–Crippen MR) is 254 cm³/mol. The number of hydrogen-bond acceptors (Lipinski definition) is 3. The Kier molecular flexibility index (Phi) is 6.73. The third-order valence-electron chi connectivity index (χ3n) is 12.0. The standard InChI is InChI=1S/C54H30S3/c1-2-13-31(14-3-1)48-35-17-6-8-19-37(35)49(38-20-9-7-18-36(38)48)33-25-26-45-42(30-33)39-22-12-23-41(53(39)56-45)50-34-16-5-4-15-32(34)29-43-52-47(57-54(43)50)28-27-46-51(52)40-21-10-11-24-44(40)55-46/h1-30H. The molecule has 57 heavy (non-hydrogen) atoms. The molecule has 10 aromatic carbocycles. The van der Waals surface area contributed by atoms with Crippen molar-refractivity contribution in [2.24, 2.45) is 0 Å². The van der Waals surface area contributed by atoms with E-state index in [2.05, 4.69) is 182 Å². The molecule has 0 aliphatic heterocycles. The van der Waals surface area contributed by atoms with Gasteiger partial charge in [0.1, 0.15) is 0 Å². The Morgan fingerprint density at radius 1 is 0.263 bits per heavy atom. The van der Waals surface area contributed by atoms with Crippen LogP contribution in [0.25, 0.3) is 126 Å². The van der Waals surface area contributed by atoms with Crippen molar-refractivity contribution in [1.29, 1.82) is 0 Å². The topological polar surface area (TPSA) is 0 Å². The quantitative estimate of drug-likeness (QED) is 0.157. The van der Waals surface area contributed by atoms with E-state index in [0.29, 0.717) is 0 Å². The van der Waals surface area contributed by atoms with Crippen molar-refractivity contribution in [2.45, 2.75) is 0 Å². The normalized spacial score (nSPS) is 12.2. The fraction of sp³-hybridized carbons (Fsp3) is 0. The van der Waals surface area contributed by atoms with E-state index in [0.717, 1.165) is 0 Å². The minimum atomic E-state index is 1.25. The van der Waals surface area contributed by atoms with Crippen LogP contribution in [0, 0.1) is 0 Å². The molecule has 0 atom stereocenters.